The van der Waals surface area contributed by atoms with Crippen LogP contribution in [0.5, 0.6) is 0 Å². The SMILES string of the molecule is CCc1ccc(NC(=S)NC[C@H](c2ccco2)[NH+](C)C)cc1. The Labute approximate surface area is 137 Å². The van der Waals surface area contributed by atoms with Gasteiger partial charge in [-0.1, -0.05) is 19.1 Å². The Morgan fingerprint density at radius 2 is 1.95 bits per heavy atom. The van der Waals surface area contributed by atoms with Gasteiger partial charge in [0.05, 0.1) is 26.9 Å². The molecule has 1 aromatic heterocycles. The topological polar surface area (TPSA) is 41.6 Å². The van der Waals surface area contributed by atoms with Crippen LogP contribution in [0.1, 0.15) is 24.3 Å². The summed E-state index contributed by atoms with van der Waals surface area (Å²) in [4.78, 5) is 1.29. The van der Waals surface area contributed by atoms with Crippen molar-refractivity contribution >= 4 is 23.0 Å². The number of thiocarbonyl (C=S) groups is 1. The van der Waals surface area contributed by atoms with Gasteiger partial charge in [-0.2, -0.15) is 0 Å². The van der Waals surface area contributed by atoms with E-state index in [1.54, 1.807) is 6.26 Å². The van der Waals surface area contributed by atoms with Crippen LogP contribution in [0, 0.1) is 0 Å². The highest BCUT2D eigenvalue weighted by Crippen LogP contribution is 2.11. The van der Waals surface area contributed by atoms with Gasteiger partial charge in [-0.3, -0.25) is 0 Å². The molecule has 0 aliphatic heterocycles. The number of hydrogen-bond acceptors (Lipinski definition) is 2. The van der Waals surface area contributed by atoms with Gasteiger partial charge in [0.1, 0.15) is 0 Å². The van der Waals surface area contributed by atoms with Crippen molar-refractivity contribution < 1.29 is 9.32 Å². The fourth-order valence-corrected chi connectivity index (χ4v) is 2.47. The van der Waals surface area contributed by atoms with Crippen molar-refractivity contribution in [1.82, 2.24) is 5.32 Å². The molecule has 0 radical (unpaired) electrons. The van der Waals surface area contributed by atoms with Crippen molar-refractivity contribution in [3.63, 3.8) is 0 Å². The summed E-state index contributed by atoms with van der Waals surface area (Å²) in [7, 11) is 4.21. The summed E-state index contributed by atoms with van der Waals surface area (Å²) >= 11 is 5.37. The number of hydrogen-bond donors (Lipinski definition) is 3. The molecule has 118 valence electrons. The zero-order chi connectivity index (χ0) is 15.9. The van der Waals surface area contributed by atoms with Gasteiger partial charge in [0.15, 0.2) is 16.9 Å². The molecule has 0 bridgehead atoms. The first-order valence-corrected chi connectivity index (χ1v) is 7.98. The number of benzene rings is 1. The van der Waals surface area contributed by atoms with Crippen molar-refractivity contribution in [3.8, 4) is 0 Å². The van der Waals surface area contributed by atoms with Gasteiger partial charge in [0.25, 0.3) is 0 Å². The molecule has 0 amide bonds. The first-order chi connectivity index (χ1) is 10.6. The third kappa shape index (κ3) is 4.58. The second-order valence-electron chi connectivity index (χ2n) is 5.53. The van der Waals surface area contributed by atoms with Crippen LogP contribution in [0.3, 0.4) is 0 Å². The summed E-state index contributed by atoms with van der Waals surface area (Å²) in [6.07, 6.45) is 2.75. The second kappa shape index (κ2) is 7.96. The molecule has 0 aliphatic carbocycles. The van der Waals surface area contributed by atoms with E-state index >= 15 is 0 Å². The largest absolute Gasteiger partial charge is 0.463 e. The number of likely N-dealkylation sites (N-methyl/N-ethyl adjacent to an activating group) is 1. The van der Waals surface area contributed by atoms with Crippen LogP contribution >= 0.6 is 12.2 Å². The Morgan fingerprint density at radius 1 is 1.23 bits per heavy atom. The molecule has 3 N–H and O–H groups in total. The van der Waals surface area contributed by atoms with E-state index in [1.165, 1.54) is 10.5 Å². The average Bonchev–Trinajstić information content (AvgIpc) is 3.02. The van der Waals surface area contributed by atoms with Crippen molar-refractivity contribution in [2.24, 2.45) is 0 Å². The van der Waals surface area contributed by atoms with E-state index in [0.717, 1.165) is 17.9 Å². The summed E-state index contributed by atoms with van der Waals surface area (Å²) in [5.41, 5.74) is 2.32. The van der Waals surface area contributed by atoms with Crippen LogP contribution in [0.2, 0.25) is 0 Å². The van der Waals surface area contributed by atoms with Crippen LogP contribution in [-0.4, -0.2) is 25.8 Å². The van der Waals surface area contributed by atoms with Gasteiger partial charge in [-0.15, -0.1) is 0 Å². The fourth-order valence-electron chi connectivity index (χ4n) is 2.27. The predicted octanol–water partition coefficient (Wildman–Crippen LogP) is 2.01. The quantitative estimate of drug-likeness (QED) is 0.713. The molecule has 0 spiro atoms. The molecular weight excluding hydrogens is 294 g/mol. The molecule has 2 aromatic rings. The minimum absolute atomic E-state index is 0.220. The van der Waals surface area contributed by atoms with Crippen LogP contribution in [0.25, 0.3) is 0 Å². The van der Waals surface area contributed by atoms with E-state index in [9.17, 15) is 0 Å². The Hall–Kier alpha value is -1.85. The standard InChI is InChI=1S/C17H23N3OS/c1-4-13-7-9-14(10-8-13)19-17(22)18-12-15(20(2)3)16-6-5-11-21-16/h5-11,15H,4,12H2,1-3H3,(H2,18,19,22)/p+1/t15-/m1/s1. The summed E-state index contributed by atoms with van der Waals surface area (Å²) in [6, 6.07) is 12.5. The lowest BCUT2D eigenvalue weighted by molar-refractivity contribution is -0.891. The van der Waals surface area contributed by atoms with E-state index in [0.29, 0.717) is 11.7 Å². The van der Waals surface area contributed by atoms with Gasteiger partial charge in [-0.25, -0.2) is 0 Å². The summed E-state index contributed by atoms with van der Waals surface area (Å²) in [5, 5.41) is 7.11. The van der Waals surface area contributed by atoms with Crippen molar-refractivity contribution in [2.45, 2.75) is 19.4 Å². The molecule has 0 aliphatic rings. The number of furan rings is 1. The van der Waals surface area contributed by atoms with E-state index in [2.05, 4.69) is 43.8 Å². The van der Waals surface area contributed by atoms with E-state index in [1.807, 2.05) is 24.3 Å². The maximum Gasteiger partial charge on any atom is 0.171 e. The summed E-state index contributed by atoms with van der Waals surface area (Å²) in [6.45, 7) is 2.86. The Kier molecular flexibility index (Phi) is 5.98. The minimum atomic E-state index is 0.220. The van der Waals surface area contributed by atoms with Gasteiger partial charge < -0.3 is 20.0 Å². The van der Waals surface area contributed by atoms with Crippen LogP contribution < -0.4 is 15.5 Å². The number of rotatable bonds is 6. The molecule has 1 aromatic carbocycles. The first-order valence-electron chi connectivity index (χ1n) is 7.57. The molecule has 0 saturated carbocycles. The molecule has 0 fully saturated rings. The maximum atomic E-state index is 5.51. The maximum absolute atomic E-state index is 5.51. The number of aryl methyl sites for hydroxylation is 1. The highest BCUT2D eigenvalue weighted by atomic mass is 32.1. The average molecular weight is 318 g/mol. The Bertz CT molecular complexity index is 578. The fraction of sp³-hybridized carbons (Fsp3) is 0.353. The number of quaternary nitrogens is 1. The van der Waals surface area contributed by atoms with Gasteiger partial charge in [0, 0.05) is 5.69 Å². The highest BCUT2D eigenvalue weighted by Gasteiger charge is 2.20. The zero-order valence-corrected chi connectivity index (χ0v) is 14.2. The molecule has 0 saturated heterocycles. The van der Waals surface area contributed by atoms with Crippen LogP contribution in [0.15, 0.2) is 47.1 Å². The van der Waals surface area contributed by atoms with E-state index < -0.39 is 0 Å². The lowest BCUT2D eigenvalue weighted by Crippen LogP contribution is -3.07. The van der Waals surface area contributed by atoms with E-state index in [4.69, 9.17) is 16.6 Å². The van der Waals surface area contributed by atoms with Gasteiger partial charge in [-0.05, 0) is 48.5 Å². The molecule has 2 rings (SSSR count). The lowest BCUT2D eigenvalue weighted by atomic mass is 10.1. The first kappa shape index (κ1) is 16.5. The molecule has 5 heteroatoms. The smallest absolute Gasteiger partial charge is 0.171 e. The highest BCUT2D eigenvalue weighted by molar-refractivity contribution is 7.80. The van der Waals surface area contributed by atoms with Crippen LogP contribution in [0.4, 0.5) is 5.69 Å². The summed E-state index contributed by atoms with van der Waals surface area (Å²) in [5.74, 6) is 0.961. The van der Waals surface area contributed by atoms with Gasteiger partial charge >= 0.3 is 0 Å². The minimum Gasteiger partial charge on any atom is -0.463 e. The Balaban J connectivity index is 1.88. The lowest BCUT2D eigenvalue weighted by Gasteiger charge is -2.20. The summed E-state index contributed by atoms with van der Waals surface area (Å²) < 4.78 is 5.51. The zero-order valence-electron chi connectivity index (χ0n) is 13.3. The second-order valence-corrected chi connectivity index (χ2v) is 5.94. The molecular formula is C17H24N3OS+. The van der Waals surface area contributed by atoms with Gasteiger partial charge in [0.2, 0.25) is 0 Å². The third-order valence-electron chi connectivity index (χ3n) is 3.67. The third-order valence-corrected chi connectivity index (χ3v) is 3.92. The molecule has 1 atom stereocenters. The molecule has 4 nitrogen and oxygen atoms in total. The van der Waals surface area contributed by atoms with Crippen molar-refractivity contribution in [3.05, 3.63) is 54.0 Å². The Morgan fingerprint density at radius 3 is 2.50 bits per heavy atom. The normalized spacial score (nSPS) is 12.2. The van der Waals surface area contributed by atoms with Crippen molar-refractivity contribution in [2.75, 3.05) is 26.0 Å². The monoisotopic (exact) mass is 318 g/mol. The van der Waals surface area contributed by atoms with Crippen LogP contribution in [-0.2, 0) is 6.42 Å². The number of anilines is 1. The molecule has 0 unspecified atom stereocenters. The van der Waals surface area contributed by atoms with E-state index in [-0.39, 0.29) is 6.04 Å². The molecule has 1 heterocycles. The number of nitrogens with one attached hydrogen (secondary N) is 3. The predicted molar refractivity (Wildman–Crippen MR) is 94.3 cm³/mol. The van der Waals surface area contributed by atoms with Crippen molar-refractivity contribution in [1.29, 1.82) is 0 Å². The molecule has 22 heavy (non-hydrogen) atoms.